The molecule has 1 aliphatic carbocycles. The number of carbonyl (C=O) groups is 1. The van der Waals surface area contributed by atoms with Crippen LogP contribution in [0, 0.1) is 11.8 Å². The Morgan fingerprint density at radius 3 is 2.56 bits per heavy atom. The van der Waals surface area contributed by atoms with Crippen LogP contribution < -0.4 is 5.32 Å². The normalized spacial score (nSPS) is 26.1. The minimum Gasteiger partial charge on any atom is -0.339 e. The van der Waals surface area contributed by atoms with Gasteiger partial charge in [0.05, 0.1) is 0 Å². The molecule has 4 heteroatoms. The molecule has 1 aliphatic heterocycles. The molecule has 1 saturated carbocycles. The van der Waals surface area contributed by atoms with Crippen LogP contribution in [0.25, 0.3) is 0 Å². The molecule has 2 rings (SSSR count). The fourth-order valence-corrected chi connectivity index (χ4v) is 3.57. The first kappa shape index (κ1) is 15.8. The Morgan fingerprint density at radius 2 is 1.94 bits per heavy atom. The number of hydrogen-bond donors (Lipinski definition) is 1. The number of amides is 1. The fourth-order valence-electron chi connectivity index (χ4n) is 3.57. The van der Waals surface area contributed by atoms with Gasteiger partial charge in [-0.05, 0) is 38.6 Å². The minimum atomic E-state index is 0. The van der Waals surface area contributed by atoms with E-state index < -0.39 is 0 Å². The van der Waals surface area contributed by atoms with Crippen molar-refractivity contribution in [3.8, 4) is 0 Å². The van der Waals surface area contributed by atoms with Crippen LogP contribution in [0.1, 0.15) is 45.4 Å². The van der Waals surface area contributed by atoms with E-state index in [2.05, 4.69) is 10.2 Å². The topological polar surface area (TPSA) is 32.3 Å². The zero-order valence-corrected chi connectivity index (χ0v) is 12.5. The van der Waals surface area contributed by atoms with E-state index in [1.54, 1.807) is 0 Å². The summed E-state index contributed by atoms with van der Waals surface area (Å²) in [6.07, 6.45) is 7.87. The summed E-state index contributed by atoms with van der Waals surface area (Å²) < 4.78 is 0. The van der Waals surface area contributed by atoms with Crippen LogP contribution >= 0.6 is 12.4 Å². The van der Waals surface area contributed by atoms with Gasteiger partial charge in [0.2, 0.25) is 5.91 Å². The average molecular weight is 275 g/mol. The molecule has 0 aromatic rings. The smallest absolute Gasteiger partial charge is 0.226 e. The summed E-state index contributed by atoms with van der Waals surface area (Å²) in [6.45, 7) is 3.84. The second-order valence-corrected chi connectivity index (χ2v) is 5.74. The van der Waals surface area contributed by atoms with E-state index in [9.17, 15) is 4.79 Å². The first-order valence-electron chi connectivity index (χ1n) is 7.19. The van der Waals surface area contributed by atoms with E-state index in [0.29, 0.717) is 11.9 Å². The molecule has 1 amide bonds. The monoisotopic (exact) mass is 274 g/mol. The Kier molecular flexibility index (Phi) is 6.44. The van der Waals surface area contributed by atoms with Crippen molar-refractivity contribution in [2.24, 2.45) is 11.8 Å². The zero-order valence-electron chi connectivity index (χ0n) is 11.7. The lowest BCUT2D eigenvalue weighted by Crippen LogP contribution is -2.44. The molecule has 2 unspecified atom stereocenters. The van der Waals surface area contributed by atoms with Crippen molar-refractivity contribution >= 4 is 18.3 Å². The van der Waals surface area contributed by atoms with Crippen LogP contribution in [0.5, 0.6) is 0 Å². The van der Waals surface area contributed by atoms with E-state index >= 15 is 0 Å². The molecule has 0 radical (unpaired) electrons. The number of halogens is 1. The molecule has 18 heavy (non-hydrogen) atoms. The summed E-state index contributed by atoms with van der Waals surface area (Å²) in [5.74, 6) is 1.29. The summed E-state index contributed by atoms with van der Waals surface area (Å²) in [5.41, 5.74) is 0. The molecule has 2 fully saturated rings. The Hall–Kier alpha value is -0.280. The van der Waals surface area contributed by atoms with Crippen molar-refractivity contribution in [2.75, 3.05) is 20.1 Å². The number of carbonyl (C=O) groups excluding carboxylic acids is 1. The standard InChI is InChI=1S/C14H26N2O.ClH/c1-11(10-15-2)14(17)16-9-5-8-13(16)12-6-3-4-7-12;/h11-13,15H,3-10H2,1-2H3;1H. The maximum Gasteiger partial charge on any atom is 0.226 e. The molecule has 0 aromatic heterocycles. The maximum atomic E-state index is 12.4. The third-order valence-corrected chi connectivity index (χ3v) is 4.46. The van der Waals surface area contributed by atoms with Crippen LogP contribution in [0.3, 0.4) is 0 Å². The minimum absolute atomic E-state index is 0. The van der Waals surface area contributed by atoms with E-state index in [-0.39, 0.29) is 18.3 Å². The van der Waals surface area contributed by atoms with Crippen LogP contribution in [0.15, 0.2) is 0 Å². The van der Waals surface area contributed by atoms with Gasteiger partial charge < -0.3 is 10.2 Å². The molecular weight excluding hydrogens is 248 g/mol. The summed E-state index contributed by atoms with van der Waals surface area (Å²) in [7, 11) is 1.92. The highest BCUT2D eigenvalue weighted by Gasteiger charge is 2.36. The maximum absolute atomic E-state index is 12.4. The molecule has 1 saturated heterocycles. The summed E-state index contributed by atoms with van der Waals surface area (Å²) in [5, 5.41) is 3.11. The largest absolute Gasteiger partial charge is 0.339 e. The van der Waals surface area contributed by atoms with Crippen molar-refractivity contribution in [2.45, 2.75) is 51.5 Å². The van der Waals surface area contributed by atoms with Gasteiger partial charge in [0, 0.05) is 25.0 Å². The SMILES string of the molecule is CNCC(C)C(=O)N1CCCC1C1CCCC1.Cl. The first-order chi connectivity index (χ1) is 8.24. The predicted molar refractivity (Wildman–Crippen MR) is 77.0 cm³/mol. The lowest BCUT2D eigenvalue weighted by Gasteiger charge is -2.31. The van der Waals surface area contributed by atoms with Gasteiger partial charge in [-0.3, -0.25) is 4.79 Å². The lowest BCUT2D eigenvalue weighted by atomic mass is 9.95. The Bertz CT molecular complexity index is 267. The van der Waals surface area contributed by atoms with Crippen molar-refractivity contribution in [1.29, 1.82) is 0 Å². The van der Waals surface area contributed by atoms with Crippen LogP contribution in [0.4, 0.5) is 0 Å². The fraction of sp³-hybridized carbons (Fsp3) is 0.929. The molecule has 0 bridgehead atoms. The third kappa shape index (κ3) is 3.39. The van der Waals surface area contributed by atoms with Gasteiger partial charge in [0.1, 0.15) is 0 Å². The third-order valence-electron chi connectivity index (χ3n) is 4.46. The molecule has 2 aliphatic rings. The van der Waals surface area contributed by atoms with E-state index in [1.165, 1.54) is 38.5 Å². The van der Waals surface area contributed by atoms with E-state index in [0.717, 1.165) is 19.0 Å². The first-order valence-corrected chi connectivity index (χ1v) is 7.19. The Morgan fingerprint density at radius 1 is 1.28 bits per heavy atom. The molecule has 1 N–H and O–H groups in total. The highest BCUT2D eigenvalue weighted by Crippen LogP contribution is 2.35. The highest BCUT2D eigenvalue weighted by atomic mass is 35.5. The van der Waals surface area contributed by atoms with Gasteiger partial charge >= 0.3 is 0 Å². The summed E-state index contributed by atoms with van der Waals surface area (Å²) in [4.78, 5) is 14.6. The van der Waals surface area contributed by atoms with Crippen molar-refractivity contribution in [3.63, 3.8) is 0 Å². The van der Waals surface area contributed by atoms with Crippen LogP contribution in [-0.2, 0) is 4.79 Å². The van der Waals surface area contributed by atoms with Gasteiger partial charge in [0.15, 0.2) is 0 Å². The van der Waals surface area contributed by atoms with Crippen LogP contribution in [-0.4, -0.2) is 37.0 Å². The summed E-state index contributed by atoms with van der Waals surface area (Å²) in [6, 6.07) is 0.560. The Balaban J connectivity index is 0.00000162. The summed E-state index contributed by atoms with van der Waals surface area (Å²) >= 11 is 0. The molecule has 1 heterocycles. The molecule has 3 nitrogen and oxygen atoms in total. The Labute approximate surface area is 117 Å². The van der Waals surface area contributed by atoms with Crippen molar-refractivity contribution < 1.29 is 4.79 Å². The van der Waals surface area contributed by atoms with Gasteiger partial charge in [-0.25, -0.2) is 0 Å². The number of nitrogens with zero attached hydrogens (tertiary/aromatic N) is 1. The second kappa shape index (κ2) is 7.34. The number of hydrogen-bond acceptors (Lipinski definition) is 2. The van der Waals surface area contributed by atoms with Gasteiger partial charge in [-0.15, -0.1) is 12.4 Å². The average Bonchev–Trinajstić information content (AvgIpc) is 2.98. The number of likely N-dealkylation sites (tertiary alicyclic amines) is 1. The molecule has 2 atom stereocenters. The van der Waals surface area contributed by atoms with Gasteiger partial charge in [-0.1, -0.05) is 19.8 Å². The quantitative estimate of drug-likeness (QED) is 0.854. The molecule has 0 aromatic carbocycles. The molecular formula is C14H27ClN2O. The predicted octanol–water partition coefficient (Wildman–Crippen LogP) is 2.44. The lowest BCUT2D eigenvalue weighted by molar-refractivity contribution is -0.136. The molecule has 0 spiro atoms. The van der Waals surface area contributed by atoms with Gasteiger partial charge in [-0.2, -0.15) is 0 Å². The van der Waals surface area contributed by atoms with Crippen molar-refractivity contribution in [3.05, 3.63) is 0 Å². The zero-order chi connectivity index (χ0) is 12.3. The van der Waals surface area contributed by atoms with E-state index in [4.69, 9.17) is 0 Å². The van der Waals surface area contributed by atoms with E-state index in [1.807, 2.05) is 14.0 Å². The van der Waals surface area contributed by atoms with Crippen LogP contribution in [0.2, 0.25) is 0 Å². The highest BCUT2D eigenvalue weighted by molar-refractivity contribution is 5.85. The number of rotatable bonds is 4. The number of nitrogens with one attached hydrogen (secondary N) is 1. The van der Waals surface area contributed by atoms with Gasteiger partial charge in [0.25, 0.3) is 0 Å². The second-order valence-electron chi connectivity index (χ2n) is 5.74. The molecule has 106 valence electrons. The van der Waals surface area contributed by atoms with Crippen molar-refractivity contribution in [1.82, 2.24) is 10.2 Å².